The molecule has 21 heavy (non-hydrogen) atoms. The van der Waals surface area contributed by atoms with E-state index in [0.29, 0.717) is 0 Å². The van der Waals surface area contributed by atoms with E-state index in [1.54, 1.807) is 0 Å². The zero-order valence-electron chi connectivity index (χ0n) is 12.2. The average Bonchev–Trinajstić information content (AvgIpc) is 2.57. The lowest BCUT2D eigenvalue weighted by Crippen LogP contribution is -2.55. The summed E-state index contributed by atoms with van der Waals surface area (Å²) in [5.74, 6) is 2.30. The van der Waals surface area contributed by atoms with E-state index in [-0.39, 0.29) is 11.9 Å². The SMILES string of the molecule is O=C(C1CSCCN1)N1CCN(Cc2ccccn2)CC1. The number of carbonyl (C=O) groups excluding carboxylic acids is 1. The molecule has 1 aromatic heterocycles. The molecule has 2 aliphatic rings. The molecule has 1 atom stereocenters. The van der Waals surface area contributed by atoms with Crippen LogP contribution in [0.15, 0.2) is 24.4 Å². The molecule has 1 amide bonds. The Morgan fingerprint density at radius 2 is 2.19 bits per heavy atom. The van der Waals surface area contributed by atoms with Gasteiger partial charge in [-0.3, -0.25) is 14.7 Å². The van der Waals surface area contributed by atoms with E-state index in [4.69, 9.17) is 0 Å². The Morgan fingerprint density at radius 1 is 1.33 bits per heavy atom. The predicted molar refractivity (Wildman–Crippen MR) is 85.2 cm³/mol. The molecule has 0 radical (unpaired) electrons. The first kappa shape index (κ1) is 14.8. The van der Waals surface area contributed by atoms with E-state index >= 15 is 0 Å². The number of pyridine rings is 1. The Morgan fingerprint density at radius 3 is 2.86 bits per heavy atom. The van der Waals surface area contributed by atoms with Crippen LogP contribution in [0.3, 0.4) is 0 Å². The normalized spacial score (nSPS) is 24.0. The summed E-state index contributed by atoms with van der Waals surface area (Å²) in [4.78, 5) is 21.2. The lowest BCUT2D eigenvalue weighted by molar-refractivity contribution is -0.134. The molecule has 2 aliphatic heterocycles. The maximum absolute atomic E-state index is 12.4. The van der Waals surface area contributed by atoms with Crippen molar-refractivity contribution in [2.24, 2.45) is 0 Å². The van der Waals surface area contributed by atoms with Crippen LogP contribution in [0.4, 0.5) is 0 Å². The van der Waals surface area contributed by atoms with Gasteiger partial charge >= 0.3 is 0 Å². The summed E-state index contributed by atoms with van der Waals surface area (Å²) in [6, 6.07) is 6.04. The number of piperazine rings is 1. The third-order valence-electron chi connectivity index (χ3n) is 4.02. The number of nitrogens with zero attached hydrogens (tertiary/aromatic N) is 3. The lowest BCUT2D eigenvalue weighted by atomic mass is 10.2. The number of thioether (sulfide) groups is 1. The van der Waals surface area contributed by atoms with Gasteiger partial charge in [0.2, 0.25) is 5.91 Å². The van der Waals surface area contributed by atoms with Gasteiger partial charge < -0.3 is 10.2 Å². The van der Waals surface area contributed by atoms with E-state index in [0.717, 1.165) is 56.5 Å². The molecule has 1 N–H and O–H groups in total. The van der Waals surface area contributed by atoms with Crippen molar-refractivity contribution in [1.82, 2.24) is 20.1 Å². The minimum absolute atomic E-state index is 0.0195. The molecular weight excluding hydrogens is 284 g/mol. The molecule has 1 unspecified atom stereocenters. The molecule has 2 fully saturated rings. The molecule has 5 nitrogen and oxygen atoms in total. The Balaban J connectivity index is 1.47. The largest absolute Gasteiger partial charge is 0.339 e. The van der Waals surface area contributed by atoms with Crippen LogP contribution in [-0.4, -0.2) is 71.0 Å². The summed E-state index contributed by atoms with van der Waals surface area (Å²) in [5, 5.41) is 3.33. The van der Waals surface area contributed by atoms with Crippen molar-refractivity contribution in [3.63, 3.8) is 0 Å². The van der Waals surface area contributed by atoms with Crippen LogP contribution in [0.2, 0.25) is 0 Å². The molecule has 0 saturated carbocycles. The number of amides is 1. The van der Waals surface area contributed by atoms with Crippen LogP contribution in [0.25, 0.3) is 0 Å². The van der Waals surface area contributed by atoms with E-state index in [1.165, 1.54) is 0 Å². The monoisotopic (exact) mass is 306 g/mol. The van der Waals surface area contributed by atoms with Gasteiger partial charge in [-0.25, -0.2) is 0 Å². The zero-order chi connectivity index (χ0) is 14.5. The highest BCUT2D eigenvalue weighted by atomic mass is 32.2. The maximum Gasteiger partial charge on any atom is 0.240 e. The van der Waals surface area contributed by atoms with Gasteiger partial charge in [0.05, 0.1) is 11.7 Å². The van der Waals surface area contributed by atoms with Gasteiger partial charge in [-0.05, 0) is 12.1 Å². The topological polar surface area (TPSA) is 48.5 Å². The van der Waals surface area contributed by atoms with Crippen LogP contribution in [-0.2, 0) is 11.3 Å². The van der Waals surface area contributed by atoms with Crippen LogP contribution in [0.1, 0.15) is 5.69 Å². The lowest BCUT2D eigenvalue weighted by Gasteiger charge is -2.37. The van der Waals surface area contributed by atoms with Crippen LogP contribution in [0.5, 0.6) is 0 Å². The minimum atomic E-state index is 0.0195. The first-order chi connectivity index (χ1) is 10.3. The quantitative estimate of drug-likeness (QED) is 0.878. The Labute approximate surface area is 130 Å². The molecule has 0 bridgehead atoms. The highest BCUT2D eigenvalue weighted by Gasteiger charge is 2.28. The number of nitrogens with one attached hydrogen (secondary N) is 1. The molecule has 0 spiro atoms. The van der Waals surface area contributed by atoms with Crippen molar-refractivity contribution < 1.29 is 4.79 Å². The van der Waals surface area contributed by atoms with Crippen molar-refractivity contribution in [2.45, 2.75) is 12.6 Å². The van der Waals surface area contributed by atoms with Crippen molar-refractivity contribution >= 4 is 17.7 Å². The molecule has 6 heteroatoms. The molecule has 0 aliphatic carbocycles. The fourth-order valence-corrected chi connectivity index (χ4v) is 3.72. The third kappa shape index (κ3) is 3.96. The van der Waals surface area contributed by atoms with Gasteiger partial charge in [-0.1, -0.05) is 6.07 Å². The summed E-state index contributed by atoms with van der Waals surface area (Å²) < 4.78 is 0. The number of aromatic nitrogens is 1. The summed E-state index contributed by atoms with van der Waals surface area (Å²) in [6.07, 6.45) is 1.83. The van der Waals surface area contributed by atoms with Crippen molar-refractivity contribution in [3.8, 4) is 0 Å². The smallest absolute Gasteiger partial charge is 0.240 e. The first-order valence-electron chi connectivity index (χ1n) is 7.55. The molecule has 3 heterocycles. The van der Waals surface area contributed by atoms with Gasteiger partial charge in [-0.15, -0.1) is 0 Å². The van der Waals surface area contributed by atoms with Gasteiger partial charge in [-0.2, -0.15) is 11.8 Å². The van der Waals surface area contributed by atoms with Crippen LogP contribution >= 0.6 is 11.8 Å². The molecule has 1 aromatic rings. The average molecular weight is 306 g/mol. The van der Waals surface area contributed by atoms with Gasteiger partial charge in [0.25, 0.3) is 0 Å². The van der Waals surface area contributed by atoms with Gasteiger partial charge in [0.15, 0.2) is 0 Å². The van der Waals surface area contributed by atoms with Crippen molar-refractivity contribution in [2.75, 3.05) is 44.2 Å². The second-order valence-electron chi connectivity index (χ2n) is 5.50. The summed E-state index contributed by atoms with van der Waals surface area (Å²) in [7, 11) is 0. The van der Waals surface area contributed by atoms with E-state index in [9.17, 15) is 4.79 Å². The number of carbonyl (C=O) groups is 1. The highest BCUT2D eigenvalue weighted by molar-refractivity contribution is 7.99. The van der Waals surface area contributed by atoms with Crippen molar-refractivity contribution in [1.29, 1.82) is 0 Å². The predicted octanol–water partition coefficient (Wildman–Crippen LogP) is 0.431. The second kappa shape index (κ2) is 7.24. The van der Waals surface area contributed by atoms with Crippen molar-refractivity contribution in [3.05, 3.63) is 30.1 Å². The minimum Gasteiger partial charge on any atom is -0.339 e. The molecule has 0 aromatic carbocycles. The summed E-state index contributed by atoms with van der Waals surface area (Å²) in [6.45, 7) is 5.34. The van der Waals surface area contributed by atoms with Gasteiger partial charge in [0.1, 0.15) is 0 Å². The summed E-state index contributed by atoms with van der Waals surface area (Å²) >= 11 is 1.87. The van der Waals surface area contributed by atoms with Gasteiger partial charge in [0, 0.05) is 57.0 Å². The molecular formula is C15H22N4OS. The number of hydrogen-bond donors (Lipinski definition) is 1. The van der Waals surface area contributed by atoms with E-state index < -0.39 is 0 Å². The fourth-order valence-electron chi connectivity index (χ4n) is 2.79. The number of rotatable bonds is 3. The zero-order valence-corrected chi connectivity index (χ0v) is 13.0. The maximum atomic E-state index is 12.4. The summed E-state index contributed by atoms with van der Waals surface area (Å²) in [5.41, 5.74) is 1.10. The van der Waals surface area contributed by atoms with Crippen LogP contribution < -0.4 is 5.32 Å². The Hall–Kier alpha value is -1.11. The first-order valence-corrected chi connectivity index (χ1v) is 8.70. The van der Waals surface area contributed by atoms with E-state index in [1.807, 2.05) is 35.0 Å². The molecule has 3 rings (SSSR count). The second-order valence-corrected chi connectivity index (χ2v) is 6.65. The highest BCUT2D eigenvalue weighted by Crippen LogP contribution is 2.12. The Kier molecular flexibility index (Phi) is 5.11. The fraction of sp³-hybridized carbons (Fsp3) is 0.600. The van der Waals surface area contributed by atoms with E-state index in [2.05, 4.69) is 21.3 Å². The third-order valence-corrected chi connectivity index (χ3v) is 5.08. The number of hydrogen-bond acceptors (Lipinski definition) is 5. The Bertz CT molecular complexity index is 456. The van der Waals surface area contributed by atoms with Crippen LogP contribution in [0, 0.1) is 0 Å². The molecule has 114 valence electrons. The standard InChI is InChI=1S/C15H22N4OS/c20-15(14-12-21-10-5-17-14)19-8-6-18(7-9-19)11-13-3-1-2-4-16-13/h1-4,14,17H,5-12H2. The molecule has 2 saturated heterocycles.